The Hall–Kier alpha value is -1.36. The average Bonchev–Trinajstić information content (AvgIpc) is 2.02. The number of rotatable bonds is 3. The molecule has 4 N–H and O–H groups in total. The maximum atomic E-state index is 8.80. The first-order valence-electron chi connectivity index (χ1n) is 4.10. The Morgan fingerprint density at radius 2 is 2.31 bits per heavy atom. The van der Waals surface area contributed by atoms with Gasteiger partial charge in [-0.25, -0.2) is 4.98 Å². The average molecular weight is 182 g/mol. The molecule has 1 aromatic rings. The fourth-order valence-corrected chi connectivity index (χ4v) is 0.964. The van der Waals surface area contributed by atoms with Crippen LogP contribution in [-0.4, -0.2) is 27.7 Å². The zero-order valence-corrected chi connectivity index (χ0v) is 7.78. The molecule has 1 aromatic heterocycles. The van der Waals surface area contributed by atoms with Gasteiger partial charge in [0.05, 0.1) is 6.61 Å². The molecule has 0 saturated carbocycles. The largest absolute Gasteiger partial charge is 0.394 e. The Bertz CT molecular complexity index is 269. The maximum Gasteiger partial charge on any atom is 0.222 e. The quantitative estimate of drug-likeness (QED) is 0.620. The molecule has 1 heterocycles. The molecule has 0 bridgehead atoms. The molecule has 0 spiro atoms. The number of aryl methyl sites for hydroxylation is 1. The summed E-state index contributed by atoms with van der Waals surface area (Å²) in [7, 11) is 0. The van der Waals surface area contributed by atoms with Gasteiger partial charge >= 0.3 is 0 Å². The number of hydrogen-bond donors (Lipinski definition) is 3. The van der Waals surface area contributed by atoms with Crippen LogP contribution in [0.4, 0.5) is 11.8 Å². The number of nitrogens with two attached hydrogens (primary N) is 1. The van der Waals surface area contributed by atoms with E-state index in [9.17, 15) is 0 Å². The van der Waals surface area contributed by atoms with Gasteiger partial charge in [-0.15, -0.1) is 0 Å². The van der Waals surface area contributed by atoms with Crippen LogP contribution >= 0.6 is 0 Å². The van der Waals surface area contributed by atoms with Crippen LogP contribution in [0.3, 0.4) is 0 Å². The molecule has 5 nitrogen and oxygen atoms in total. The molecule has 0 aliphatic rings. The van der Waals surface area contributed by atoms with E-state index in [0.717, 1.165) is 5.69 Å². The van der Waals surface area contributed by atoms with E-state index in [1.54, 1.807) is 6.07 Å². The van der Waals surface area contributed by atoms with E-state index < -0.39 is 0 Å². The summed E-state index contributed by atoms with van der Waals surface area (Å²) in [6, 6.07) is 1.75. The summed E-state index contributed by atoms with van der Waals surface area (Å²) in [5, 5.41) is 11.8. The highest BCUT2D eigenvalue weighted by Gasteiger charge is 2.02. The lowest BCUT2D eigenvalue weighted by atomic mass is 10.3. The zero-order valence-electron chi connectivity index (χ0n) is 7.78. The first-order chi connectivity index (χ1) is 6.11. The third-order valence-corrected chi connectivity index (χ3v) is 1.54. The SMILES string of the molecule is Cc1cc(N[C@@H](C)CO)nc(N)n1. The van der Waals surface area contributed by atoms with Gasteiger partial charge in [-0.3, -0.25) is 0 Å². The summed E-state index contributed by atoms with van der Waals surface area (Å²) < 4.78 is 0. The van der Waals surface area contributed by atoms with Crippen LogP contribution in [0.5, 0.6) is 0 Å². The van der Waals surface area contributed by atoms with Gasteiger partial charge in [0.25, 0.3) is 0 Å². The Labute approximate surface area is 77.0 Å². The van der Waals surface area contributed by atoms with Gasteiger partial charge in [-0.05, 0) is 13.8 Å². The van der Waals surface area contributed by atoms with Crippen molar-refractivity contribution in [3.8, 4) is 0 Å². The van der Waals surface area contributed by atoms with E-state index in [-0.39, 0.29) is 18.6 Å². The minimum atomic E-state index is -0.0336. The highest BCUT2D eigenvalue weighted by Crippen LogP contribution is 2.07. The van der Waals surface area contributed by atoms with Crippen molar-refractivity contribution >= 4 is 11.8 Å². The van der Waals surface area contributed by atoms with Crippen molar-refractivity contribution in [3.63, 3.8) is 0 Å². The Balaban J connectivity index is 2.77. The van der Waals surface area contributed by atoms with E-state index in [4.69, 9.17) is 10.8 Å². The van der Waals surface area contributed by atoms with Crippen LogP contribution < -0.4 is 11.1 Å². The summed E-state index contributed by atoms with van der Waals surface area (Å²) in [6.45, 7) is 3.75. The molecular formula is C8H14N4O. The van der Waals surface area contributed by atoms with Gasteiger partial charge in [0.1, 0.15) is 5.82 Å². The van der Waals surface area contributed by atoms with Gasteiger partial charge in [0, 0.05) is 17.8 Å². The number of aliphatic hydroxyl groups is 1. The van der Waals surface area contributed by atoms with Crippen molar-refractivity contribution in [2.24, 2.45) is 0 Å². The molecule has 0 aliphatic carbocycles. The van der Waals surface area contributed by atoms with Crippen LogP contribution in [-0.2, 0) is 0 Å². The Morgan fingerprint density at radius 3 is 2.85 bits per heavy atom. The smallest absolute Gasteiger partial charge is 0.222 e. The van der Waals surface area contributed by atoms with Crippen molar-refractivity contribution in [1.82, 2.24) is 9.97 Å². The summed E-state index contributed by atoms with van der Waals surface area (Å²) in [5.74, 6) is 0.888. The molecule has 0 fully saturated rings. The van der Waals surface area contributed by atoms with Gasteiger partial charge in [-0.2, -0.15) is 4.98 Å². The van der Waals surface area contributed by atoms with Crippen LogP contribution in [0.25, 0.3) is 0 Å². The lowest BCUT2D eigenvalue weighted by molar-refractivity contribution is 0.281. The lowest BCUT2D eigenvalue weighted by Crippen LogP contribution is -2.20. The number of aliphatic hydroxyl groups excluding tert-OH is 1. The molecule has 72 valence electrons. The normalized spacial score (nSPS) is 12.5. The highest BCUT2D eigenvalue weighted by molar-refractivity contribution is 5.40. The minimum Gasteiger partial charge on any atom is -0.394 e. The second-order valence-electron chi connectivity index (χ2n) is 2.98. The Morgan fingerprint density at radius 1 is 1.62 bits per heavy atom. The first-order valence-corrected chi connectivity index (χ1v) is 4.10. The molecule has 1 atom stereocenters. The fraction of sp³-hybridized carbons (Fsp3) is 0.500. The van der Waals surface area contributed by atoms with Gasteiger partial charge < -0.3 is 16.2 Å². The summed E-state index contributed by atoms with van der Waals surface area (Å²) in [5.41, 5.74) is 6.26. The van der Waals surface area contributed by atoms with Crippen LogP contribution in [0, 0.1) is 6.92 Å². The Kier molecular flexibility index (Phi) is 3.02. The summed E-state index contributed by atoms with van der Waals surface area (Å²) >= 11 is 0. The van der Waals surface area contributed by atoms with Crippen molar-refractivity contribution in [2.75, 3.05) is 17.7 Å². The fourth-order valence-electron chi connectivity index (χ4n) is 0.964. The van der Waals surface area contributed by atoms with E-state index >= 15 is 0 Å². The first kappa shape index (κ1) is 9.73. The maximum absolute atomic E-state index is 8.80. The lowest BCUT2D eigenvalue weighted by Gasteiger charge is -2.11. The molecule has 13 heavy (non-hydrogen) atoms. The van der Waals surface area contributed by atoms with Crippen LogP contribution in [0.15, 0.2) is 6.07 Å². The third kappa shape index (κ3) is 2.87. The molecule has 0 aliphatic heterocycles. The molecule has 0 saturated heterocycles. The number of hydrogen-bond acceptors (Lipinski definition) is 5. The second-order valence-corrected chi connectivity index (χ2v) is 2.98. The number of anilines is 2. The predicted octanol–water partition coefficient (Wildman–Crippen LogP) is 0.160. The topological polar surface area (TPSA) is 84.1 Å². The summed E-state index contributed by atoms with van der Waals surface area (Å²) in [6.07, 6.45) is 0. The van der Waals surface area contributed by atoms with Crippen LogP contribution in [0.1, 0.15) is 12.6 Å². The standard InChI is InChI=1S/C8H14N4O/c1-5-3-7(10-6(2)4-13)12-8(9)11-5/h3,6,13H,4H2,1-2H3,(H3,9,10,11,12)/t6-/m0/s1. The minimum absolute atomic E-state index is 0.0336. The molecule has 0 amide bonds. The number of nitrogen functional groups attached to an aromatic ring is 1. The monoisotopic (exact) mass is 182 g/mol. The zero-order chi connectivity index (χ0) is 9.84. The number of nitrogens with zero attached hydrogens (tertiary/aromatic N) is 2. The molecular weight excluding hydrogens is 168 g/mol. The van der Waals surface area contributed by atoms with E-state index in [0.29, 0.717) is 5.82 Å². The van der Waals surface area contributed by atoms with Crippen molar-refractivity contribution in [2.45, 2.75) is 19.9 Å². The molecule has 5 heteroatoms. The highest BCUT2D eigenvalue weighted by atomic mass is 16.3. The second kappa shape index (κ2) is 4.04. The summed E-state index contributed by atoms with van der Waals surface area (Å²) in [4.78, 5) is 7.90. The molecule has 0 unspecified atom stereocenters. The molecule has 0 radical (unpaired) electrons. The number of aromatic nitrogens is 2. The van der Waals surface area contributed by atoms with Crippen LogP contribution in [0.2, 0.25) is 0 Å². The van der Waals surface area contributed by atoms with Gasteiger partial charge in [0.2, 0.25) is 5.95 Å². The van der Waals surface area contributed by atoms with Crippen molar-refractivity contribution in [3.05, 3.63) is 11.8 Å². The number of nitrogens with one attached hydrogen (secondary N) is 1. The van der Waals surface area contributed by atoms with Gasteiger partial charge in [-0.1, -0.05) is 0 Å². The van der Waals surface area contributed by atoms with Crippen molar-refractivity contribution in [1.29, 1.82) is 0 Å². The van der Waals surface area contributed by atoms with Gasteiger partial charge in [0.15, 0.2) is 0 Å². The van der Waals surface area contributed by atoms with E-state index in [1.165, 1.54) is 0 Å². The third-order valence-electron chi connectivity index (χ3n) is 1.54. The van der Waals surface area contributed by atoms with Crippen molar-refractivity contribution < 1.29 is 5.11 Å². The van der Waals surface area contributed by atoms with E-state index in [1.807, 2.05) is 13.8 Å². The van der Waals surface area contributed by atoms with E-state index in [2.05, 4.69) is 15.3 Å². The molecule has 0 aromatic carbocycles. The predicted molar refractivity (Wildman–Crippen MR) is 51.4 cm³/mol. The molecule has 1 rings (SSSR count).